The van der Waals surface area contributed by atoms with Gasteiger partial charge in [0.05, 0.1) is 13.2 Å². The minimum Gasteiger partial charge on any atom is -0.462 e. The normalized spacial score (nSPS) is 15.8. The molecule has 0 bridgehead atoms. The van der Waals surface area contributed by atoms with Gasteiger partial charge in [-0.2, -0.15) is 10.5 Å². The number of carbonyl (C=O) groups excluding carboxylic acids is 2. The quantitative estimate of drug-likeness (QED) is 0.0261. The van der Waals surface area contributed by atoms with E-state index in [0.29, 0.717) is 39.0 Å². The fraction of sp³-hybridized carbons (Fsp3) is 0.667. The summed E-state index contributed by atoms with van der Waals surface area (Å²) in [6, 6.07) is 5.33. The largest absolute Gasteiger partial charge is 0.462 e. The van der Waals surface area contributed by atoms with Crippen molar-refractivity contribution in [2.24, 2.45) is 0 Å². The third-order valence-electron chi connectivity index (χ3n) is 7.25. The number of esters is 2. The monoisotopic (exact) mass is 852 g/mol. The van der Waals surface area contributed by atoms with Crippen molar-refractivity contribution in [3.05, 3.63) is 47.9 Å². The third kappa shape index (κ3) is 22.9. The highest BCUT2D eigenvalue weighted by Gasteiger charge is 2.41. The topological polar surface area (TPSA) is 144 Å². The molecule has 0 aromatic heterocycles. The first-order valence-corrected chi connectivity index (χ1v) is 37.6. The van der Waals surface area contributed by atoms with E-state index in [4.69, 9.17) is 25.9 Å². The smallest absolute Gasteiger partial charge is 0.348 e. The first-order valence-electron chi connectivity index (χ1n) is 18.9. The zero-order valence-corrected chi connectivity index (χ0v) is 41.6. The average Bonchev–Trinajstić information content (AvgIpc) is 2.98. The number of rotatable bonds is 22. The number of nitriles is 2. The lowest BCUT2D eigenvalue weighted by Gasteiger charge is -2.38. The van der Waals surface area contributed by atoms with E-state index >= 15 is 0 Å². The maximum absolute atomic E-state index is 12.6. The Morgan fingerprint density at radius 2 is 0.815 bits per heavy atom. The summed E-state index contributed by atoms with van der Waals surface area (Å²) in [4.78, 5) is 29.4. The molecule has 1 saturated heterocycles. The lowest BCUT2D eigenvalue weighted by Crippen LogP contribution is -2.52. The molecule has 0 radical (unpaired) electrons. The second-order valence-corrected chi connectivity index (χ2v) is 43.4. The lowest BCUT2D eigenvalue weighted by atomic mass is 10.2. The molecule has 1 rings (SSSR count). The number of ether oxygens (including phenoxy) is 2. The van der Waals surface area contributed by atoms with Gasteiger partial charge in [-0.3, -0.25) is 0 Å². The first-order chi connectivity index (χ1) is 24.7. The Morgan fingerprint density at radius 3 is 1.06 bits per heavy atom. The molecule has 0 amide bonds. The minimum atomic E-state index is -2.42. The van der Waals surface area contributed by atoms with Crippen molar-refractivity contribution in [1.29, 1.82) is 10.5 Å². The van der Waals surface area contributed by atoms with Crippen molar-refractivity contribution >= 4 is 62.3 Å². The van der Waals surface area contributed by atoms with Crippen molar-refractivity contribution in [3.8, 4) is 12.1 Å². The Morgan fingerprint density at radius 1 is 0.537 bits per heavy atom. The van der Waals surface area contributed by atoms with Crippen molar-refractivity contribution in [3.63, 3.8) is 0 Å². The molecule has 1 heterocycles. The number of nitrogens with zero attached hydrogens (tertiary/aromatic N) is 4. The van der Waals surface area contributed by atoms with E-state index in [-0.39, 0.29) is 24.4 Å². The van der Waals surface area contributed by atoms with E-state index in [9.17, 15) is 20.1 Å². The van der Waals surface area contributed by atoms with Crippen LogP contribution in [0.3, 0.4) is 0 Å². The summed E-state index contributed by atoms with van der Waals surface area (Å²) >= 11 is 0. The number of hydrogen-bond acceptors (Lipinski definition) is 12. The summed E-state index contributed by atoms with van der Waals surface area (Å²) < 4.78 is 36.9. The van der Waals surface area contributed by atoms with Crippen molar-refractivity contribution in [2.45, 2.75) is 117 Å². The van der Waals surface area contributed by atoms with Crippen LogP contribution in [0.2, 0.25) is 104 Å². The highest BCUT2D eigenvalue weighted by atomic mass is 28.5. The molecule has 0 aliphatic carbocycles. The number of carbonyl (C=O) groups is 2. The molecule has 1 aliphatic heterocycles. The number of piperazine rings is 1. The zero-order valence-electron chi connectivity index (χ0n) is 35.6. The molecular formula is C36H68N4O8Si6. The minimum absolute atomic E-state index is 0.0597. The molecule has 0 saturated carbocycles. The van der Waals surface area contributed by atoms with Crippen molar-refractivity contribution < 1.29 is 35.5 Å². The summed E-state index contributed by atoms with van der Waals surface area (Å²) in [5.74, 6) is -1.29. The van der Waals surface area contributed by atoms with Gasteiger partial charge in [0, 0.05) is 26.2 Å². The van der Waals surface area contributed by atoms with Gasteiger partial charge in [-0.05, 0) is 153 Å². The molecule has 54 heavy (non-hydrogen) atoms. The van der Waals surface area contributed by atoms with Gasteiger partial charge in [0.2, 0.25) is 0 Å². The molecule has 0 aromatic rings. The predicted molar refractivity (Wildman–Crippen MR) is 231 cm³/mol. The highest BCUT2D eigenvalue weighted by molar-refractivity contribution is 6.88. The van der Waals surface area contributed by atoms with E-state index in [2.05, 4.69) is 101 Å². The maximum atomic E-state index is 12.6. The van der Waals surface area contributed by atoms with Crippen molar-refractivity contribution in [2.75, 3.05) is 39.4 Å². The second kappa shape index (κ2) is 21.8. The van der Waals surface area contributed by atoms with E-state index in [1.165, 1.54) is 12.2 Å². The second-order valence-electron chi connectivity index (χ2n) is 17.7. The Bertz CT molecular complexity index is 1300. The Kier molecular flexibility index (Phi) is 20.0. The molecule has 0 aromatic carbocycles. The van der Waals surface area contributed by atoms with Crippen LogP contribution in [0.5, 0.6) is 0 Å². The number of hydrogen-bond donors (Lipinski definition) is 0. The maximum Gasteiger partial charge on any atom is 0.348 e. The Hall–Kier alpha value is -2.38. The van der Waals surface area contributed by atoms with Crippen LogP contribution < -0.4 is 0 Å². The molecule has 1 aliphatic rings. The van der Waals surface area contributed by atoms with Gasteiger partial charge in [-0.25, -0.2) is 9.59 Å². The molecule has 1 fully saturated rings. The van der Waals surface area contributed by atoms with Crippen LogP contribution in [0.25, 0.3) is 0 Å². The summed E-state index contributed by atoms with van der Waals surface area (Å²) in [5, 5.41) is 19.1. The Labute approximate surface area is 332 Å². The molecule has 12 nitrogen and oxygen atoms in total. The van der Waals surface area contributed by atoms with E-state index in [0.717, 1.165) is 12.1 Å². The van der Waals surface area contributed by atoms with E-state index < -0.39 is 62.3 Å². The van der Waals surface area contributed by atoms with Gasteiger partial charge >= 0.3 is 29.1 Å². The molecule has 18 heteroatoms. The van der Waals surface area contributed by atoms with Crippen LogP contribution >= 0.6 is 0 Å². The standard InChI is InChI=1S/C36H68N4O8Si6/c1-49(2,3)45-53(13,46-50(4,5)6)29-17-27-43-35(41)33(31-37)19-15-21-39-23-25-40(26-24-39)22-16-20-34(32-38)36(42)44-28-18-30-54(14,47-51(7,8)9)48-52(10,11)12/h15-16,19-22H,17-18,23-30H2,1-14H3/b21-15+,22-16+,33-19+,34-20+. The van der Waals surface area contributed by atoms with Gasteiger partial charge in [-0.1, -0.05) is 0 Å². The summed E-state index contributed by atoms with van der Waals surface area (Å²) in [6.45, 7) is 33.3. The van der Waals surface area contributed by atoms with E-state index in [1.54, 1.807) is 12.2 Å². The highest BCUT2D eigenvalue weighted by Crippen LogP contribution is 2.27. The van der Waals surface area contributed by atoms with Gasteiger partial charge in [0.15, 0.2) is 33.3 Å². The first kappa shape index (κ1) is 49.6. The summed E-state index contributed by atoms with van der Waals surface area (Å²) in [7, 11) is -12.1. The van der Waals surface area contributed by atoms with Gasteiger partial charge in [0.25, 0.3) is 0 Å². The lowest BCUT2D eigenvalue weighted by molar-refractivity contribution is -0.139. The molecule has 0 unspecified atom stereocenters. The van der Waals surface area contributed by atoms with E-state index in [1.807, 2.05) is 24.5 Å². The van der Waals surface area contributed by atoms with Crippen LogP contribution in [0.15, 0.2) is 47.9 Å². The van der Waals surface area contributed by atoms with Gasteiger partial charge in [0.1, 0.15) is 23.3 Å². The van der Waals surface area contributed by atoms with Gasteiger partial charge < -0.3 is 35.7 Å². The fourth-order valence-electron chi connectivity index (χ4n) is 5.97. The van der Waals surface area contributed by atoms with Crippen LogP contribution in [0.1, 0.15) is 12.8 Å². The number of allylic oxidation sites excluding steroid dienone is 4. The van der Waals surface area contributed by atoms with Crippen LogP contribution in [0, 0.1) is 22.7 Å². The molecule has 0 atom stereocenters. The van der Waals surface area contributed by atoms with Crippen molar-refractivity contribution in [1.82, 2.24) is 9.80 Å². The molecular weight excluding hydrogens is 785 g/mol. The predicted octanol–water partition coefficient (Wildman–Crippen LogP) is 7.95. The van der Waals surface area contributed by atoms with Gasteiger partial charge in [-0.15, -0.1) is 0 Å². The Balaban J connectivity index is 2.59. The summed E-state index contributed by atoms with van der Waals surface area (Å²) in [5.41, 5.74) is -0.119. The molecule has 0 N–H and O–H groups in total. The fourth-order valence-corrected chi connectivity index (χ4v) is 31.0. The molecule has 0 spiro atoms. The molecule has 304 valence electrons. The average molecular weight is 853 g/mol. The van der Waals surface area contributed by atoms with Crippen LogP contribution in [-0.4, -0.2) is 112 Å². The zero-order chi connectivity index (χ0) is 41.4. The summed E-state index contributed by atoms with van der Waals surface area (Å²) in [6.07, 6.45) is 11.3. The SMILES string of the molecule is C[Si](C)(C)O[Si](C)(CCCOC(=O)/C(C#N)=C/C=C/N1CCN(/C=C/C=C(\C#N)C(=O)OCCC[Si](C)(O[Si](C)(C)C)O[Si](C)(C)C)CC1)O[Si](C)(C)C. The third-order valence-corrected chi connectivity index (χ3v) is 26.5. The van der Waals surface area contributed by atoms with Crippen LogP contribution in [0.4, 0.5) is 0 Å². The van der Waals surface area contributed by atoms with Crippen LogP contribution in [-0.2, 0) is 35.5 Å².